The summed E-state index contributed by atoms with van der Waals surface area (Å²) in [7, 11) is 0. The van der Waals surface area contributed by atoms with Crippen molar-refractivity contribution < 1.29 is 14.7 Å². The Labute approximate surface area is 127 Å². The predicted octanol–water partition coefficient (Wildman–Crippen LogP) is 2.86. The van der Waals surface area contributed by atoms with Crippen LogP contribution >= 0.6 is 34.4 Å². The Morgan fingerprint density at radius 2 is 2.20 bits per heavy atom. The lowest BCUT2D eigenvalue weighted by molar-refractivity contribution is -0.114. The maximum atomic E-state index is 10.9. The maximum absolute atomic E-state index is 10.9. The van der Waals surface area contributed by atoms with Crippen molar-refractivity contribution in [2.24, 2.45) is 0 Å². The summed E-state index contributed by atoms with van der Waals surface area (Å²) < 4.78 is 0.703. The second-order valence-electron chi connectivity index (χ2n) is 3.81. The topological polar surface area (TPSA) is 92.2 Å². The molecule has 0 spiro atoms. The van der Waals surface area contributed by atoms with Crippen LogP contribution in [0.3, 0.4) is 0 Å². The van der Waals surface area contributed by atoms with Crippen molar-refractivity contribution in [1.29, 1.82) is 0 Å². The molecular weight excluding hydrogens is 318 g/mol. The van der Waals surface area contributed by atoms with E-state index in [4.69, 9.17) is 5.11 Å². The molecule has 9 heteroatoms. The van der Waals surface area contributed by atoms with E-state index in [2.05, 4.69) is 15.3 Å². The SMILES string of the molecule is CC(=O)Nc1nc(CSc2nc(C)c(C(=O)O)s2)cs1. The summed E-state index contributed by atoms with van der Waals surface area (Å²) in [5, 5.41) is 14.0. The van der Waals surface area contributed by atoms with Gasteiger partial charge < -0.3 is 10.4 Å². The molecule has 2 heterocycles. The zero-order chi connectivity index (χ0) is 14.7. The van der Waals surface area contributed by atoms with Gasteiger partial charge in [-0.2, -0.15) is 0 Å². The molecule has 0 atom stereocenters. The first-order valence-electron chi connectivity index (χ1n) is 5.51. The van der Waals surface area contributed by atoms with Gasteiger partial charge in [-0.1, -0.05) is 11.8 Å². The maximum Gasteiger partial charge on any atom is 0.347 e. The van der Waals surface area contributed by atoms with Gasteiger partial charge >= 0.3 is 5.97 Å². The molecule has 0 aromatic carbocycles. The summed E-state index contributed by atoms with van der Waals surface area (Å²) in [4.78, 5) is 30.6. The summed E-state index contributed by atoms with van der Waals surface area (Å²) >= 11 is 3.95. The van der Waals surface area contributed by atoms with Gasteiger partial charge in [0.05, 0.1) is 11.4 Å². The summed E-state index contributed by atoms with van der Waals surface area (Å²) in [5.74, 6) is -0.518. The van der Waals surface area contributed by atoms with E-state index in [-0.39, 0.29) is 10.8 Å². The summed E-state index contributed by atoms with van der Waals surface area (Å²) in [6, 6.07) is 0. The molecule has 106 valence electrons. The smallest absolute Gasteiger partial charge is 0.347 e. The minimum absolute atomic E-state index is 0.153. The molecule has 2 aromatic rings. The number of aryl methyl sites for hydroxylation is 1. The van der Waals surface area contributed by atoms with Crippen LogP contribution in [0, 0.1) is 6.92 Å². The Balaban J connectivity index is 1.98. The zero-order valence-corrected chi connectivity index (χ0v) is 13.1. The number of carboxylic acid groups (broad SMARTS) is 1. The Bertz CT molecular complexity index is 650. The summed E-state index contributed by atoms with van der Waals surface area (Å²) in [6.07, 6.45) is 0. The second kappa shape index (κ2) is 6.33. The Hall–Kier alpha value is -1.45. The number of nitrogens with one attached hydrogen (secondary N) is 1. The highest BCUT2D eigenvalue weighted by molar-refractivity contribution is 8.00. The van der Waals surface area contributed by atoms with E-state index in [0.29, 0.717) is 20.9 Å². The Morgan fingerprint density at radius 3 is 2.80 bits per heavy atom. The number of carboxylic acids is 1. The average Bonchev–Trinajstić information content (AvgIpc) is 2.92. The fraction of sp³-hybridized carbons (Fsp3) is 0.273. The molecule has 2 N–H and O–H groups in total. The molecule has 2 rings (SSSR count). The first kappa shape index (κ1) is 14.9. The molecule has 1 amide bonds. The third kappa shape index (κ3) is 3.78. The molecule has 0 aliphatic rings. The third-order valence-electron chi connectivity index (χ3n) is 2.15. The van der Waals surface area contributed by atoms with Crippen molar-refractivity contribution in [3.63, 3.8) is 0 Å². The van der Waals surface area contributed by atoms with Gasteiger partial charge in [0.25, 0.3) is 0 Å². The van der Waals surface area contributed by atoms with Gasteiger partial charge in [0.15, 0.2) is 9.47 Å². The lowest BCUT2D eigenvalue weighted by atomic mass is 10.4. The largest absolute Gasteiger partial charge is 0.477 e. The number of hydrogen-bond acceptors (Lipinski definition) is 7. The molecule has 0 fully saturated rings. The number of amides is 1. The van der Waals surface area contributed by atoms with Crippen LogP contribution in [0.1, 0.15) is 28.0 Å². The van der Waals surface area contributed by atoms with Crippen molar-refractivity contribution in [1.82, 2.24) is 9.97 Å². The van der Waals surface area contributed by atoms with Gasteiger partial charge in [0.1, 0.15) is 4.88 Å². The van der Waals surface area contributed by atoms with E-state index in [1.165, 1.54) is 30.0 Å². The van der Waals surface area contributed by atoms with E-state index < -0.39 is 5.97 Å². The van der Waals surface area contributed by atoms with Gasteiger partial charge in [0, 0.05) is 18.1 Å². The van der Waals surface area contributed by atoms with Gasteiger partial charge in [-0.3, -0.25) is 4.79 Å². The monoisotopic (exact) mass is 329 g/mol. The number of carbonyl (C=O) groups is 2. The second-order valence-corrected chi connectivity index (χ2v) is 6.89. The van der Waals surface area contributed by atoms with E-state index >= 15 is 0 Å². The summed E-state index contributed by atoms with van der Waals surface area (Å²) in [6.45, 7) is 3.11. The third-order valence-corrected chi connectivity index (χ3v) is 5.28. The van der Waals surface area contributed by atoms with Crippen LogP contribution in [-0.4, -0.2) is 27.0 Å². The highest BCUT2D eigenvalue weighted by atomic mass is 32.2. The highest BCUT2D eigenvalue weighted by Gasteiger charge is 2.14. The minimum atomic E-state index is -0.951. The molecule has 6 nitrogen and oxygen atoms in total. The van der Waals surface area contributed by atoms with Crippen molar-refractivity contribution >= 4 is 51.4 Å². The molecule has 0 radical (unpaired) electrons. The lowest BCUT2D eigenvalue weighted by Gasteiger charge is -1.94. The number of anilines is 1. The van der Waals surface area contributed by atoms with Crippen LogP contribution in [0.5, 0.6) is 0 Å². The Morgan fingerprint density at radius 1 is 1.45 bits per heavy atom. The first-order chi connectivity index (χ1) is 9.45. The highest BCUT2D eigenvalue weighted by Crippen LogP contribution is 2.30. The van der Waals surface area contributed by atoms with Crippen LogP contribution in [0.4, 0.5) is 5.13 Å². The van der Waals surface area contributed by atoms with E-state index in [9.17, 15) is 9.59 Å². The van der Waals surface area contributed by atoms with Crippen molar-refractivity contribution in [3.05, 3.63) is 21.6 Å². The van der Waals surface area contributed by atoms with Crippen LogP contribution in [0.2, 0.25) is 0 Å². The molecule has 0 unspecified atom stereocenters. The molecular formula is C11H11N3O3S3. The Kier molecular flexibility index (Phi) is 4.73. The van der Waals surface area contributed by atoms with Gasteiger partial charge in [0.2, 0.25) is 5.91 Å². The number of thiazole rings is 2. The number of aromatic nitrogens is 2. The number of hydrogen-bond donors (Lipinski definition) is 2. The predicted molar refractivity (Wildman–Crippen MR) is 79.8 cm³/mol. The van der Waals surface area contributed by atoms with Gasteiger partial charge in [-0.05, 0) is 6.92 Å². The van der Waals surface area contributed by atoms with E-state index in [1.807, 2.05) is 5.38 Å². The zero-order valence-electron chi connectivity index (χ0n) is 10.7. The van der Waals surface area contributed by atoms with Crippen LogP contribution in [0.15, 0.2) is 9.72 Å². The van der Waals surface area contributed by atoms with Crippen molar-refractivity contribution in [3.8, 4) is 0 Å². The minimum Gasteiger partial charge on any atom is -0.477 e. The lowest BCUT2D eigenvalue weighted by Crippen LogP contribution is -2.05. The molecule has 2 aromatic heterocycles. The molecule has 20 heavy (non-hydrogen) atoms. The fourth-order valence-electron chi connectivity index (χ4n) is 1.35. The molecule has 0 saturated carbocycles. The number of nitrogens with zero attached hydrogens (tertiary/aromatic N) is 2. The van der Waals surface area contributed by atoms with Crippen LogP contribution in [0.25, 0.3) is 0 Å². The molecule has 0 saturated heterocycles. The van der Waals surface area contributed by atoms with Gasteiger partial charge in [-0.15, -0.1) is 22.7 Å². The number of carbonyl (C=O) groups excluding carboxylic acids is 1. The van der Waals surface area contributed by atoms with Crippen molar-refractivity contribution in [2.75, 3.05) is 5.32 Å². The standard InChI is InChI=1S/C11H11N3O3S3/c1-5-8(9(16)17)20-11(12-5)19-4-7-3-18-10(14-7)13-6(2)15/h3H,4H2,1-2H3,(H,16,17)(H,13,14,15). The normalized spacial score (nSPS) is 10.5. The van der Waals surface area contributed by atoms with Crippen molar-refractivity contribution in [2.45, 2.75) is 23.9 Å². The van der Waals surface area contributed by atoms with E-state index in [1.54, 1.807) is 6.92 Å². The van der Waals surface area contributed by atoms with Crippen LogP contribution < -0.4 is 5.32 Å². The summed E-state index contributed by atoms with van der Waals surface area (Å²) in [5.41, 5.74) is 1.36. The number of thioether (sulfide) groups is 1. The average molecular weight is 329 g/mol. The number of aromatic carboxylic acids is 1. The first-order valence-corrected chi connectivity index (χ1v) is 8.19. The van der Waals surface area contributed by atoms with Crippen LogP contribution in [-0.2, 0) is 10.5 Å². The molecule has 0 bridgehead atoms. The fourth-order valence-corrected chi connectivity index (χ4v) is 4.13. The van der Waals surface area contributed by atoms with Gasteiger partial charge in [-0.25, -0.2) is 14.8 Å². The molecule has 0 aliphatic heterocycles. The van der Waals surface area contributed by atoms with E-state index in [0.717, 1.165) is 17.0 Å². The number of rotatable bonds is 5. The quantitative estimate of drug-likeness (QED) is 0.820. The molecule has 0 aliphatic carbocycles.